The zero-order chi connectivity index (χ0) is 22.5. The second kappa shape index (κ2) is 9.65. The number of nitrogens with one attached hydrogen (secondary N) is 2. The lowest BCUT2D eigenvalue weighted by atomic mass is 10.1. The van der Waals surface area contributed by atoms with Crippen LogP contribution >= 0.6 is 11.6 Å². The zero-order valence-electron chi connectivity index (χ0n) is 16.5. The molecule has 0 fully saturated rings. The number of hydrogen-bond acceptors (Lipinski definition) is 4. The number of H-pyrrole nitrogens is 2. The third kappa shape index (κ3) is 5.43. The van der Waals surface area contributed by atoms with Gasteiger partial charge in [0.1, 0.15) is 12.1 Å². The molecule has 2 aromatic carbocycles. The summed E-state index contributed by atoms with van der Waals surface area (Å²) in [5, 5.41) is 20.0. The average Bonchev–Trinajstić information content (AvgIpc) is 3.32. The maximum absolute atomic E-state index is 10.7. The normalized spacial score (nSPS) is 12.9. The number of fused-ring (bicyclic) bond motifs is 2. The Bertz CT molecular complexity index is 1220. The summed E-state index contributed by atoms with van der Waals surface area (Å²) in [4.78, 5) is 27.4. The number of rotatable bonds is 6. The van der Waals surface area contributed by atoms with Gasteiger partial charge in [0.05, 0.1) is 0 Å². The minimum atomic E-state index is -1.00. The molecule has 0 spiro atoms. The molecular weight excluding hydrogens is 420 g/mol. The minimum Gasteiger partial charge on any atom is -0.480 e. The van der Waals surface area contributed by atoms with E-state index in [9.17, 15) is 9.59 Å². The molecule has 8 N–H and O–H groups in total. The summed E-state index contributed by atoms with van der Waals surface area (Å²) in [6, 6.07) is 11.5. The molecule has 0 saturated carbocycles. The Balaban J connectivity index is 0.000000176. The van der Waals surface area contributed by atoms with Gasteiger partial charge in [0.25, 0.3) is 0 Å². The van der Waals surface area contributed by atoms with Gasteiger partial charge in [-0.1, -0.05) is 29.8 Å². The Morgan fingerprint density at radius 2 is 1.35 bits per heavy atom. The highest BCUT2D eigenvalue weighted by Crippen LogP contribution is 2.23. The highest BCUT2D eigenvalue weighted by molar-refractivity contribution is 6.31. The largest absolute Gasteiger partial charge is 0.480 e. The molecule has 4 rings (SSSR count). The predicted octanol–water partition coefficient (Wildman–Crippen LogP) is 2.90. The highest BCUT2D eigenvalue weighted by atomic mass is 35.5. The van der Waals surface area contributed by atoms with Gasteiger partial charge in [-0.2, -0.15) is 0 Å². The lowest BCUT2D eigenvalue weighted by Gasteiger charge is -2.04. The molecule has 8 nitrogen and oxygen atoms in total. The van der Waals surface area contributed by atoms with E-state index in [4.69, 9.17) is 33.3 Å². The maximum atomic E-state index is 10.7. The van der Waals surface area contributed by atoms with Crippen LogP contribution in [0.3, 0.4) is 0 Å². The van der Waals surface area contributed by atoms with Gasteiger partial charge in [0, 0.05) is 52.1 Å². The number of halogens is 1. The molecule has 0 radical (unpaired) electrons. The number of carboxylic acids is 2. The van der Waals surface area contributed by atoms with Crippen molar-refractivity contribution >= 4 is 45.3 Å². The molecule has 9 heteroatoms. The Hall–Kier alpha value is -3.33. The zero-order valence-corrected chi connectivity index (χ0v) is 17.3. The number of carboxylic acid groups (broad SMARTS) is 2. The van der Waals surface area contributed by atoms with Gasteiger partial charge in [-0.3, -0.25) is 9.59 Å². The number of para-hydroxylation sites is 1. The number of benzene rings is 2. The summed E-state index contributed by atoms with van der Waals surface area (Å²) in [7, 11) is 0. The first kappa shape index (κ1) is 22.4. The van der Waals surface area contributed by atoms with E-state index in [1.165, 1.54) is 0 Å². The van der Waals surface area contributed by atoms with Crippen molar-refractivity contribution in [3.05, 3.63) is 71.0 Å². The van der Waals surface area contributed by atoms with Crippen molar-refractivity contribution in [3.63, 3.8) is 0 Å². The first-order chi connectivity index (χ1) is 14.8. The summed E-state index contributed by atoms with van der Waals surface area (Å²) in [6.45, 7) is 0. The Labute approximate surface area is 182 Å². The molecule has 162 valence electrons. The summed E-state index contributed by atoms with van der Waals surface area (Å²) in [5.41, 5.74) is 14.7. The molecule has 0 aliphatic carbocycles. The Morgan fingerprint density at radius 1 is 0.839 bits per heavy atom. The van der Waals surface area contributed by atoms with E-state index in [1.807, 2.05) is 36.5 Å². The smallest absolute Gasteiger partial charge is 0.320 e. The average molecular weight is 443 g/mol. The fraction of sp³-hybridized carbons (Fsp3) is 0.182. The van der Waals surface area contributed by atoms with Gasteiger partial charge >= 0.3 is 11.9 Å². The van der Waals surface area contributed by atoms with Gasteiger partial charge in [-0.05, 0) is 35.4 Å². The monoisotopic (exact) mass is 442 g/mol. The lowest BCUT2D eigenvalue weighted by molar-refractivity contribution is -0.139. The topological polar surface area (TPSA) is 158 Å². The molecule has 0 amide bonds. The third-order valence-corrected chi connectivity index (χ3v) is 5.15. The van der Waals surface area contributed by atoms with Gasteiger partial charge in [-0.15, -0.1) is 0 Å². The third-order valence-electron chi connectivity index (χ3n) is 4.92. The maximum Gasteiger partial charge on any atom is 0.320 e. The molecule has 2 atom stereocenters. The molecule has 0 saturated heterocycles. The number of hydrogen-bond donors (Lipinski definition) is 6. The summed E-state index contributed by atoms with van der Waals surface area (Å²) < 4.78 is 0. The van der Waals surface area contributed by atoms with E-state index in [-0.39, 0.29) is 6.42 Å². The second-order valence-electron chi connectivity index (χ2n) is 7.16. The van der Waals surface area contributed by atoms with Crippen LogP contribution in [0.5, 0.6) is 0 Å². The first-order valence-corrected chi connectivity index (χ1v) is 9.91. The lowest BCUT2D eigenvalue weighted by Crippen LogP contribution is -2.32. The van der Waals surface area contributed by atoms with Gasteiger partial charge in [0.15, 0.2) is 0 Å². The van der Waals surface area contributed by atoms with Gasteiger partial charge < -0.3 is 31.6 Å². The van der Waals surface area contributed by atoms with E-state index in [0.29, 0.717) is 11.4 Å². The van der Waals surface area contributed by atoms with Crippen molar-refractivity contribution in [3.8, 4) is 0 Å². The number of aliphatic carboxylic acids is 2. The summed E-state index contributed by atoms with van der Waals surface area (Å²) in [5.74, 6) is -1.98. The molecule has 31 heavy (non-hydrogen) atoms. The molecule has 0 bridgehead atoms. The van der Waals surface area contributed by atoms with Crippen LogP contribution in [0.2, 0.25) is 5.02 Å². The van der Waals surface area contributed by atoms with E-state index < -0.39 is 24.0 Å². The first-order valence-electron chi connectivity index (χ1n) is 9.53. The molecule has 4 aromatic rings. The molecule has 2 unspecified atom stereocenters. The van der Waals surface area contributed by atoms with Gasteiger partial charge in [0.2, 0.25) is 0 Å². The fourth-order valence-corrected chi connectivity index (χ4v) is 3.44. The van der Waals surface area contributed by atoms with Crippen LogP contribution in [0.1, 0.15) is 11.1 Å². The standard InChI is InChI=1S/C11H11ClN2O2.C11H12N2O2/c12-7-1-2-10-8(4-7)6(5-14-10)3-9(13)11(15)16;12-9(11(14)15)5-7-6-13-10-4-2-1-3-8(7)10/h1-2,4-5,9,14H,3,13H2,(H,15,16);1-4,6,9,13H,5,12H2,(H,14,15). The highest BCUT2D eigenvalue weighted by Gasteiger charge is 2.15. The quantitative estimate of drug-likeness (QED) is 0.269. The van der Waals surface area contributed by atoms with Crippen molar-refractivity contribution in [2.24, 2.45) is 11.5 Å². The SMILES string of the molecule is NC(Cc1c[nH]c2ccc(Cl)cc12)C(=O)O.NC(Cc1c[nH]c2ccccc12)C(=O)O. The Kier molecular flexibility index (Phi) is 6.96. The number of carbonyl (C=O) groups is 2. The van der Waals surface area contributed by atoms with Crippen molar-refractivity contribution < 1.29 is 19.8 Å². The van der Waals surface area contributed by atoms with Crippen molar-refractivity contribution in [1.29, 1.82) is 0 Å². The molecule has 0 aliphatic heterocycles. The predicted molar refractivity (Wildman–Crippen MR) is 120 cm³/mol. The van der Waals surface area contributed by atoms with Crippen LogP contribution in [0.4, 0.5) is 0 Å². The number of aromatic amines is 2. The van der Waals surface area contributed by atoms with E-state index >= 15 is 0 Å². The fourth-order valence-electron chi connectivity index (χ4n) is 3.27. The van der Waals surface area contributed by atoms with Crippen LogP contribution in [0.25, 0.3) is 21.8 Å². The number of nitrogens with two attached hydrogens (primary N) is 2. The summed E-state index contributed by atoms with van der Waals surface area (Å²) >= 11 is 5.89. The van der Waals surface area contributed by atoms with Crippen LogP contribution in [0.15, 0.2) is 54.9 Å². The van der Waals surface area contributed by atoms with Crippen LogP contribution < -0.4 is 11.5 Å². The van der Waals surface area contributed by atoms with E-state index in [2.05, 4.69) is 9.97 Å². The summed E-state index contributed by atoms with van der Waals surface area (Å²) in [6.07, 6.45) is 4.21. The van der Waals surface area contributed by atoms with Crippen molar-refractivity contribution in [1.82, 2.24) is 9.97 Å². The van der Waals surface area contributed by atoms with Crippen molar-refractivity contribution in [2.75, 3.05) is 0 Å². The van der Waals surface area contributed by atoms with Crippen molar-refractivity contribution in [2.45, 2.75) is 24.9 Å². The van der Waals surface area contributed by atoms with Crippen LogP contribution in [0, 0.1) is 0 Å². The van der Waals surface area contributed by atoms with E-state index in [0.717, 1.165) is 32.9 Å². The van der Waals surface area contributed by atoms with E-state index in [1.54, 1.807) is 18.3 Å². The molecule has 0 aliphatic rings. The van der Waals surface area contributed by atoms with Gasteiger partial charge in [-0.25, -0.2) is 0 Å². The minimum absolute atomic E-state index is 0.287. The molecular formula is C22H23ClN4O4. The van der Waals surface area contributed by atoms with Crippen LogP contribution in [-0.4, -0.2) is 44.2 Å². The second-order valence-corrected chi connectivity index (χ2v) is 7.60. The Morgan fingerprint density at radius 3 is 1.94 bits per heavy atom. The molecule has 2 aromatic heterocycles. The molecule has 2 heterocycles. The van der Waals surface area contributed by atoms with Crippen LogP contribution in [-0.2, 0) is 22.4 Å². The number of aromatic nitrogens is 2.